The van der Waals surface area contributed by atoms with E-state index in [2.05, 4.69) is 10.5 Å². The summed E-state index contributed by atoms with van der Waals surface area (Å²) in [5, 5.41) is 14.6. The maximum atomic E-state index is 11.9. The average Bonchev–Trinajstić information content (AvgIpc) is 2.55. The smallest absolute Gasteiger partial charge is 0.267 e. The van der Waals surface area contributed by atoms with Gasteiger partial charge in [0.2, 0.25) is 0 Å². The minimum absolute atomic E-state index is 0.00656. The summed E-state index contributed by atoms with van der Waals surface area (Å²) in [5.41, 5.74) is 4.40. The molecule has 0 fully saturated rings. The zero-order chi connectivity index (χ0) is 16.7. The fourth-order valence-electron chi connectivity index (χ4n) is 2.11. The SMILES string of the molecule is Cc1cc(C(=O)NN=CCCc2ccccc2)ccc1[N+](=O)[O-]. The third-order valence-electron chi connectivity index (χ3n) is 3.32. The molecule has 0 heterocycles. The number of aryl methyl sites for hydroxylation is 2. The van der Waals surface area contributed by atoms with Crippen molar-refractivity contribution in [2.45, 2.75) is 19.8 Å². The van der Waals surface area contributed by atoms with Crippen molar-refractivity contribution in [1.82, 2.24) is 5.43 Å². The molecule has 0 spiro atoms. The van der Waals surface area contributed by atoms with Crippen LogP contribution in [0.15, 0.2) is 53.6 Å². The molecule has 6 heteroatoms. The molecule has 0 radical (unpaired) electrons. The highest BCUT2D eigenvalue weighted by Gasteiger charge is 2.13. The minimum atomic E-state index is -0.473. The molecule has 0 saturated carbocycles. The third-order valence-corrected chi connectivity index (χ3v) is 3.32. The van der Waals surface area contributed by atoms with Gasteiger partial charge in [-0.3, -0.25) is 14.9 Å². The second kappa shape index (κ2) is 7.84. The monoisotopic (exact) mass is 311 g/mol. The van der Waals surface area contributed by atoms with E-state index >= 15 is 0 Å². The van der Waals surface area contributed by atoms with Crippen LogP contribution in [0.3, 0.4) is 0 Å². The summed E-state index contributed by atoms with van der Waals surface area (Å²) in [6.07, 6.45) is 3.20. The number of benzene rings is 2. The maximum Gasteiger partial charge on any atom is 0.272 e. The number of rotatable bonds is 6. The van der Waals surface area contributed by atoms with E-state index in [0.717, 1.165) is 6.42 Å². The Balaban J connectivity index is 1.86. The zero-order valence-corrected chi connectivity index (χ0v) is 12.7. The van der Waals surface area contributed by atoms with Gasteiger partial charge in [-0.15, -0.1) is 0 Å². The molecular weight excluding hydrogens is 294 g/mol. The summed E-state index contributed by atoms with van der Waals surface area (Å²) in [7, 11) is 0. The molecule has 0 aliphatic heterocycles. The van der Waals surface area contributed by atoms with Crippen molar-refractivity contribution in [2.24, 2.45) is 5.10 Å². The van der Waals surface area contributed by atoms with Gasteiger partial charge in [-0.05, 0) is 37.5 Å². The average molecular weight is 311 g/mol. The molecule has 0 atom stereocenters. The first-order chi connectivity index (χ1) is 11.1. The maximum absolute atomic E-state index is 11.9. The Morgan fingerprint density at radius 2 is 2.00 bits per heavy atom. The molecule has 0 saturated heterocycles. The van der Waals surface area contributed by atoms with Gasteiger partial charge in [0.15, 0.2) is 0 Å². The summed E-state index contributed by atoms with van der Waals surface area (Å²) in [6.45, 7) is 1.60. The van der Waals surface area contributed by atoms with E-state index in [4.69, 9.17) is 0 Å². The molecule has 0 aromatic heterocycles. The molecular formula is C17H17N3O3. The van der Waals surface area contributed by atoms with E-state index in [9.17, 15) is 14.9 Å². The van der Waals surface area contributed by atoms with Gasteiger partial charge in [0.1, 0.15) is 0 Å². The second-order valence-corrected chi connectivity index (χ2v) is 5.04. The first-order valence-corrected chi connectivity index (χ1v) is 7.19. The summed E-state index contributed by atoms with van der Waals surface area (Å²) in [4.78, 5) is 22.2. The van der Waals surface area contributed by atoms with E-state index in [0.29, 0.717) is 17.5 Å². The Morgan fingerprint density at radius 1 is 1.26 bits per heavy atom. The van der Waals surface area contributed by atoms with E-state index in [1.165, 1.54) is 23.8 Å². The van der Waals surface area contributed by atoms with Crippen LogP contribution in [0.5, 0.6) is 0 Å². The highest BCUT2D eigenvalue weighted by molar-refractivity contribution is 5.94. The number of nitrogens with one attached hydrogen (secondary N) is 1. The molecule has 0 unspecified atom stereocenters. The Hall–Kier alpha value is -3.02. The van der Waals surface area contributed by atoms with Gasteiger partial charge in [0, 0.05) is 23.4 Å². The normalized spacial score (nSPS) is 10.7. The van der Waals surface area contributed by atoms with Crippen molar-refractivity contribution in [3.8, 4) is 0 Å². The lowest BCUT2D eigenvalue weighted by atomic mass is 10.1. The minimum Gasteiger partial charge on any atom is -0.267 e. The van der Waals surface area contributed by atoms with Crippen LogP contribution in [-0.4, -0.2) is 17.0 Å². The van der Waals surface area contributed by atoms with Crippen LogP contribution in [0.25, 0.3) is 0 Å². The quantitative estimate of drug-likeness (QED) is 0.505. The first-order valence-electron chi connectivity index (χ1n) is 7.19. The van der Waals surface area contributed by atoms with Crippen molar-refractivity contribution in [3.05, 3.63) is 75.3 Å². The lowest BCUT2D eigenvalue weighted by Gasteiger charge is -2.02. The Labute approximate surface area is 134 Å². The molecule has 118 valence electrons. The first kappa shape index (κ1) is 16.4. The van der Waals surface area contributed by atoms with E-state index < -0.39 is 4.92 Å². The molecule has 0 aliphatic rings. The Morgan fingerprint density at radius 3 is 2.65 bits per heavy atom. The van der Waals surface area contributed by atoms with E-state index in [-0.39, 0.29) is 11.6 Å². The van der Waals surface area contributed by atoms with Gasteiger partial charge in [-0.1, -0.05) is 30.3 Å². The van der Waals surface area contributed by atoms with Gasteiger partial charge in [-0.2, -0.15) is 5.10 Å². The molecule has 1 amide bonds. The van der Waals surface area contributed by atoms with Gasteiger partial charge in [0.25, 0.3) is 11.6 Å². The highest BCUT2D eigenvalue weighted by Crippen LogP contribution is 2.18. The number of amides is 1. The van der Waals surface area contributed by atoms with Gasteiger partial charge < -0.3 is 0 Å². The van der Waals surface area contributed by atoms with E-state index in [1.807, 2.05) is 30.3 Å². The third kappa shape index (κ3) is 4.74. The summed E-state index contributed by atoms with van der Waals surface area (Å²) in [5.74, 6) is -0.390. The number of carbonyl (C=O) groups excluding carboxylic acids is 1. The van der Waals surface area contributed by atoms with Crippen LogP contribution < -0.4 is 5.43 Å². The van der Waals surface area contributed by atoms with Crippen LogP contribution in [0.1, 0.15) is 27.9 Å². The van der Waals surface area contributed by atoms with E-state index in [1.54, 1.807) is 13.1 Å². The van der Waals surface area contributed by atoms with Crippen LogP contribution in [0.2, 0.25) is 0 Å². The lowest BCUT2D eigenvalue weighted by Crippen LogP contribution is -2.17. The highest BCUT2D eigenvalue weighted by atomic mass is 16.6. The standard InChI is InChI=1S/C17H17N3O3/c1-13-12-15(9-10-16(13)20(22)23)17(21)19-18-11-5-8-14-6-3-2-4-7-14/h2-4,6-7,9-12H,5,8H2,1H3,(H,19,21). The van der Waals surface area contributed by atoms with Crippen LogP contribution >= 0.6 is 0 Å². The largest absolute Gasteiger partial charge is 0.272 e. The summed E-state index contributed by atoms with van der Waals surface area (Å²) in [6, 6.07) is 14.2. The predicted molar refractivity (Wildman–Crippen MR) is 88.6 cm³/mol. The summed E-state index contributed by atoms with van der Waals surface area (Å²) < 4.78 is 0. The van der Waals surface area contributed by atoms with Crippen molar-refractivity contribution in [3.63, 3.8) is 0 Å². The fourth-order valence-corrected chi connectivity index (χ4v) is 2.11. The summed E-state index contributed by atoms with van der Waals surface area (Å²) >= 11 is 0. The molecule has 0 bridgehead atoms. The Bertz CT molecular complexity index is 727. The molecule has 6 nitrogen and oxygen atoms in total. The van der Waals surface area contributed by atoms with Gasteiger partial charge in [-0.25, -0.2) is 5.43 Å². The topological polar surface area (TPSA) is 84.6 Å². The lowest BCUT2D eigenvalue weighted by molar-refractivity contribution is -0.385. The van der Waals surface area contributed by atoms with Crippen molar-refractivity contribution in [1.29, 1.82) is 0 Å². The molecule has 2 aromatic carbocycles. The number of hydrogen-bond acceptors (Lipinski definition) is 4. The van der Waals surface area contributed by atoms with Crippen LogP contribution in [0, 0.1) is 17.0 Å². The number of hydrazone groups is 1. The van der Waals surface area contributed by atoms with Gasteiger partial charge in [0.05, 0.1) is 4.92 Å². The molecule has 23 heavy (non-hydrogen) atoms. The molecule has 1 N–H and O–H groups in total. The van der Waals surface area contributed by atoms with Gasteiger partial charge >= 0.3 is 0 Å². The molecule has 2 rings (SSSR count). The zero-order valence-electron chi connectivity index (χ0n) is 12.7. The fraction of sp³-hybridized carbons (Fsp3) is 0.176. The van der Waals surface area contributed by atoms with Crippen molar-refractivity contribution in [2.75, 3.05) is 0 Å². The van der Waals surface area contributed by atoms with Crippen LogP contribution in [-0.2, 0) is 6.42 Å². The number of hydrogen-bond donors (Lipinski definition) is 1. The van der Waals surface area contributed by atoms with Crippen molar-refractivity contribution >= 4 is 17.8 Å². The number of carbonyl (C=O) groups is 1. The number of nitrogens with zero attached hydrogens (tertiary/aromatic N) is 2. The van der Waals surface area contributed by atoms with Crippen LogP contribution in [0.4, 0.5) is 5.69 Å². The number of nitro groups is 1. The van der Waals surface area contributed by atoms with Crippen molar-refractivity contribution < 1.29 is 9.72 Å². The Kier molecular flexibility index (Phi) is 5.57. The second-order valence-electron chi connectivity index (χ2n) is 5.04. The predicted octanol–water partition coefficient (Wildman–Crippen LogP) is 3.25. The molecule has 2 aromatic rings. The molecule has 0 aliphatic carbocycles. The number of nitro benzene ring substituents is 1.